The van der Waals surface area contributed by atoms with E-state index in [1.165, 1.54) is 18.2 Å². The van der Waals surface area contributed by atoms with Crippen LogP contribution in [-0.4, -0.2) is 16.7 Å². The zero-order valence-electron chi connectivity index (χ0n) is 18.7. The van der Waals surface area contributed by atoms with Gasteiger partial charge in [0.25, 0.3) is 0 Å². The number of carboxylic acid groups (broad SMARTS) is 1. The van der Waals surface area contributed by atoms with Crippen molar-refractivity contribution in [2.24, 2.45) is 5.92 Å². The van der Waals surface area contributed by atoms with Crippen LogP contribution >= 0.6 is 0 Å². The summed E-state index contributed by atoms with van der Waals surface area (Å²) in [5.41, 5.74) is 1.67. The smallest absolute Gasteiger partial charge is 0.310 e. The van der Waals surface area contributed by atoms with Gasteiger partial charge in [-0.3, -0.25) is 4.79 Å². The fourth-order valence-electron chi connectivity index (χ4n) is 3.96. The number of benzene rings is 2. The first-order valence-electron chi connectivity index (χ1n) is 10.7. The molecule has 1 aliphatic heterocycles. The third-order valence-corrected chi connectivity index (χ3v) is 5.64. The molecule has 1 N–H and O–H groups in total. The molecule has 168 valence electrons. The molecule has 2 aromatic carbocycles. The van der Waals surface area contributed by atoms with E-state index < -0.39 is 23.3 Å². The Labute approximate surface area is 182 Å². The van der Waals surface area contributed by atoms with Crippen molar-refractivity contribution in [3.8, 4) is 11.5 Å². The van der Waals surface area contributed by atoms with Crippen LogP contribution < -0.4 is 9.47 Å². The first-order valence-corrected chi connectivity index (χ1v) is 10.7. The topological polar surface area (TPSA) is 55.8 Å². The standard InChI is InChI=1S/C25H30F2O4/c1-14(2)6-7-20-19(15(3)24(28)29)8-9-21(22(20)27)30-13-17-11-18(26)10-16-12-25(4,5)31-23(16)17/h8-11,14-15H,6-7,12-13H2,1-5H3,(H,28,29). The van der Waals surface area contributed by atoms with Crippen molar-refractivity contribution in [2.75, 3.05) is 0 Å². The number of hydrogen-bond acceptors (Lipinski definition) is 3. The van der Waals surface area contributed by atoms with Gasteiger partial charge in [0.1, 0.15) is 23.8 Å². The number of rotatable bonds is 8. The van der Waals surface area contributed by atoms with Gasteiger partial charge >= 0.3 is 5.97 Å². The van der Waals surface area contributed by atoms with E-state index in [1.807, 2.05) is 27.7 Å². The molecule has 31 heavy (non-hydrogen) atoms. The van der Waals surface area contributed by atoms with Crippen LogP contribution in [0.2, 0.25) is 0 Å². The molecule has 0 bridgehead atoms. The summed E-state index contributed by atoms with van der Waals surface area (Å²) in [6.45, 7) is 9.42. The van der Waals surface area contributed by atoms with Gasteiger partial charge in [0.2, 0.25) is 0 Å². The highest BCUT2D eigenvalue weighted by Crippen LogP contribution is 2.39. The second kappa shape index (κ2) is 8.85. The first kappa shape index (κ1) is 23.0. The summed E-state index contributed by atoms with van der Waals surface area (Å²) in [4.78, 5) is 11.5. The summed E-state index contributed by atoms with van der Waals surface area (Å²) >= 11 is 0. The number of carbonyl (C=O) groups is 1. The van der Waals surface area contributed by atoms with Gasteiger partial charge in [0, 0.05) is 17.5 Å². The Morgan fingerprint density at radius 2 is 1.94 bits per heavy atom. The lowest BCUT2D eigenvalue weighted by Gasteiger charge is -2.19. The zero-order chi connectivity index (χ0) is 22.9. The van der Waals surface area contributed by atoms with Crippen molar-refractivity contribution in [3.63, 3.8) is 0 Å². The molecule has 1 aliphatic rings. The number of hydrogen-bond donors (Lipinski definition) is 1. The number of ether oxygens (including phenoxy) is 2. The van der Waals surface area contributed by atoms with Crippen LogP contribution in [0, 0.1) is 17.6 Å². The Balaban J connectivity index is 1.89. The lowest BCUT2D eigenvalue weighted by molar-refractivity contribution is -0.138. The first-order chi connectivity index (χ1) is 14.5. The monoisotopic (exact) mass is 432 g/mol. The maximum absolute atomic E-state index is 15.4. The Morgan fingerprint density at radius 3 is 2.58 bits per heavy atom. The summed E-state index contributed by atoms with van der Waals surface area (Å²) in [7, 11) is 0. The van der Waals surface area contributed by atoms with Gasteiger partial charge in [-0.1, -0.05) is 19.9 Å². The molecular weight excluding hydrogens is 402 g/mol. The number of carboxylic acids is 1. The highest BCUT2D eigenvalue weighted by molar-refractivity contribution is 5.76. The van der Waals surface area contributed by atoms with Crippen LogP contribution in [0.25, 0.3) is 0 Å². The molecule has 0 saturated carbocycles. The van der Waals surface area contributed by atoms with E-state index >= 15 is 4.39 Å². The van der Waals surface area contributed by atoms with Crippen molar-refractivity contribution >= 4 is 5.97 Å². The van der Waals surface area contributed by atoms with E-state index in [-0.39, 0.29) is 18.2 Å². The third kappa shape index (κ3) is 5.17. The van der Waals surface area contributed by atoms with Crippen molar-refractivity contribution in [3.05, 3.63) is 58.2 Å². The highest BCUT2D eigenvalue weighted by atomic mass is 19.1. The maximum Gasteiger partial charge on any atom is 0.310 e. The minimum atomic E-state index is -1.01. The fourth-order valence-corrected chi connectivity index (χ4v) is 3.96. The second-order valence-electron chi connectivity index (χ2n) is 9.32. The van der Waals surface area contributed by atoms with E-state index in [4.69, 9.17) is 9.47 Å². The average molecular weight is 433 g/mol. The van der Waals surface area contributed by atoms with Crippen LogP contribution in [0.4, 0.5) is 8.78 Å². The molecule has 0 fully saturated rings. The van der Waals surface area contributed by atoms with Crippen LogP contribution in [0.5, 0.6) is 11.5 Å². The quantitative estimate of drug-likeness (QED) is 0.553. The minimum absolute atomic E-state index is 0.0235. The maximum atomic E-state index is 15.4. The van der Waals surface area contributed by atoms with Crippen LogP contribution in [0.3, 0.4) is 0 Å². The van der Waals surface area contributed by atoms with Gasteiger partial charge in [-0.05, 0) is 68.9 Å². The van der Waals surface area contributed by atoms with E-state index in [2.05, 4.69) is 0 Å². The summed E-state index contributed by atoms with van der Waals surface area (Å²) in [5.74, 6) is -1.82. The molecule has 0 aromatic heterocycles. The van der Waals surface area contributed by atoms with Gasteiger partial charge in [0.05, 0.1) is 5.92 Å². The fraction of sp³-hybridized carbons (Fsp3) is 0.480. The SMILES string of the molecule is CC(C)CCc1c(C(C)C(=O)O)ccc(OCc2cc(F)cc3c2OC(C)(C)C3)c1F. The largest absolute Gasteiger partial charge is 0.487 e. The molecule has 3 rings (SSSR count). The predicted molar refractivity (Wildman–Crippen MR) is 115 cm³/mol. The van der Waals surface area contributed by atoms with Gasteiger partial charge in [0.15, 0.2) is 11.6 Å². The molecule has 0 radical (unpaired) electrons. The van der Waals surface area contributed by atoms with Crippen molar-refractivity contribution in [1.29, 1.82) is 0 Å². The Morgan fingerprint density at radius 1 is 1.23 bits per heavy atom. The van der Waals surface area contributed by atoms with Crippen LogP contribution in [0.15, 0.2) is 24.3 Å². The number of aliphatic carboxylic acids is 1. The molecule has 0 saturated heterocycles. The van der Waals surface area contributed by atoms with Crippen molar-refractivity contribution < 1.29 is 28.2 Å². The molecule has 0 aliphatic carbocycles. The van der Waals surface area contributed by atoms with Gasteiger partial charge in [-0.2, -0.15) is 0 Å². The van der Waals surface area contributed by atoms with E-state index in [9.17, 15) is 14.3 Å². The van der Waals surface area contributed by atoms with Gasteiger partial charge < -0.3 is 14.6 Å². The Kier molecular flexibility index (Phi) is 6.58. The molecular formula is C25H30F2O4. The molecule has 4 nitrogen and oxygen atoms in total. The third-order valence-electron chi connectivity index (χ3n) is 5.64. The normalized spacial score (nSPS) is 15.5. The predicted octanol–water partition coefficient (Wildman–Crippen LogP) is 6.03. The van der Waals surface area contributed by atoms with Crippen LogP contribution in [-0.2, 0) is 24.2 Å². The summed E-state index contributed by atoms with van der Waals surface area (Å²) in [6.07, 6.45) is 1.73. The molecule has 2 aromatic rings. The Hall–Kier alpha value is -2.63. The lowest BCUT2D eigenvalue weighted by atomic mass is 9.91. The van der Waals surface area contributed by atoms with E-state index in [1.54, 1.807) is 13.0 Å². The summed E-state index contributed by atoms with van der Waals surface area (Å²) in [6, 6.07) is 5.87. The molecule has 1 atom stereocenters. The van der Waals surface area contributed by atoms with Crippen molar-refractivity contribution in [2.45, 2.75) is 72.0 Å². The Bertz CT molecular complexity index is 982. The van der Waals surface area contributed by atoms with Gasteiger partial charge in [-0.15, -0.1) is 0 Å². The summed E-state index contributed by atoms with van der Waals surface area (Å²) in [5, 5.41) is 9.40. The number of fused-ring (bicyclic) bond motifs is 1. The summed E-state index contributed by atoms with van der Waals surface area (Å²) < 4.78 is 41.2. The van der Waals surface area contributed by atoms with Gasteiger partial charge in [-0.25, -0.2) is 8.78 Å². The van der Waals surface area contributed by atoms with Crippen molar-refractivity contribution in [1.82, 2.24) is 0 Å². The van der Waals surface area contributed by atoms with Crippen LogP contribution in [0.1, 0.15) is 69.2 Å². The number of halogens is 2. The average Bonchev–Trinajstić information content (AvgIpc) is 2.98. The highest BCUT2D eigenvalue weighted by Gasteiger charge is 2.32. The molecule has 1 unspecified atom stereocenters. The molecule has 0 spiro atoms. The zero-order valence-corrected chi connectivity index (χ0v) is 18.7. The molecule has 6 heteroatoms. The molecule has 0 amide bonds. The second-order valence-corrected chi connectivity index (χ2v) is 9.32. The lowest BCUT2D eigenvalue weighted by Crippen LogP contribution is -2.25. The van der Waals surface area contributed by atoms with E-state index in [0.717, 1.165) is 12.0 Å². The van der Waals surface area contributed by atoms with E-state index in [0.29, 0.717) is 41.2 Å². The molecule has 1 heterocycles. The minimum Gasteiger partial charge on any atom is -0.487 e.